The van der Waals surface area contributed by atoms with E-state index in [-0.39, 0.29) is 34.8 Å². The van der Waals surface area contributed by atoms with E-state index in [0.717, 1.165) is 18.9 Å². The highest BCUT2D eigenvalue weighted by atomic mass is 19.1. The predicted molar refractivity (Wildman–Crippen MR) is 96.8 cm³/mol. The van der Waals surface area contributed by atoms with E-state index >= 15 is 0 Å². The smallest absolute Gasteiger partial charge is 0.350 e. The van der Waals surface area contributed by atoms with Gasteiger partial charge in [0.25, 0.3) is 5.56 Å². The topological polar surface area (TPSA) is 109 Å². The second kappa shape index (κ2) is 5.73. The Morgan fingerprint density at radius 2 is 1.96 bits per heavy atom. The number of benzene rings is 1. The number of hydrogen-bond donors (Lipinski definition) is 2. The van der Waals surface area contributed by atoms with Gasteiger partial charge < -0.3 is 21.2 Å². The number of nitrogen functional groups attached to an aromatic ring is 1. The van der Waals surface area contributed by atoms with Crippen molar-refractivity contribution in [3.63, 3.8) is 0 Å². The molecule has 1 aromatic heterocycles. The maximum absolute atomic E-state index is 15.0. The zero-order valence-corrected chi connectivity index (χ0v) is 14.7. The van der Waals surface area contributed by atoms with Crippen LogP contribution < -0.4 is 32.5 Å². The molecule has 2 aromatic rings. The molecule has 0 bridgehead atoms. The summed E-state index contributed by atoms with van der Waals surface area (Å²) in [7, 11) is 1.41. The number of halogens is 1. The van der Waals surface area contributed by atoms with Crippen molar-refractivity contribution in [3.8, 4) is 5.75 Å². The molecule has 2 heterocycles. The van der Waals surface area contributed by atoms with Gasteiger partial charge in [-0.15, -0.1) is 0 Å². The van der Waals surface area contributed by atoms with Gasteiger partial charge in [-0.1, -0.05) is 6.92 Å². The minimum Gasteiger partial charge on any atom is -0.492 e. The van der Waals surface area contributed by atoms with E-state index in [1.807, 2.05) is 11.8 Å². The molecule has 4 N–H and O–H groups in total. The summed E-state index contributed by atoms with van der Waals surface area (Å²) >= 11 is 0. The Kier molecular flexibility index (Phi) is 3.72. The number of anilines is 1. The number of fused-ring (bicyclic) bond motifs is 1. The van der Waals surface area contributed by atoms with Gasteiger partial charge in [0.15, 0.2) is 11.6 Å². The zero-order chi connectivity index (χ0) is 18.7. The van der Waals surface area contributed by atoms with Crippen molar-refractivity contribution in [3.05, 3.63) is 32.7 Å². The van der Waals surface area contributed by atoms with Crippen LogP contribution in [-0.4, -0.2) is 35.5 Å². The zero-order valence-electron chi connectivity index (χ0n) is 14.7. The van der Waals surface area contributed by atoms with Crippen LogP contribution in [0.15, 0.2) is 15.7 Å². The third-order valence-corrected chi connectivity index (χ3v) is 5.39. The minimum atomic E-state index is -0.739. The van der Waals surface area contributed by atoms with Crippen molar-refractivity contribution in [2.75, 3.05) is 30.9 Å². The Balaban J connectivity index is 2.08. The molecule has 2 atom stereocenters. The van der Waals surface area contributed by atoms with E-state index in [4.69, 9.17) is 16.3 Å². The number of hydrogen-bond acceptors (Lipinski definition) is 6. The van der Waals surface area contributed by atoms with Crippen LogP contribution in [0.3, 0.4) is 0 Å². The molecular weight excluding hydrogens is 341 g/mol. The molecular formula is C17H22FN5O3. The van der Waals surface area contributed by atoms with E-state index in [0.29, 0.717) is 23.3 Å². The normalized spacial score (nSPS) is 23.0. The molecule has 1 aromatic carbocycles. The van der Waals surface area contributed by atoms with Crippen molar-refractivity contribution < 1.29 is 9.13 Å². The van der Waals surface area contributed by atoms with Crippen LogP contribution in [0.5, 0.6) is 5.75 Å². The summed E-state index contributed by atoms with van der Waals surface area (Å²) in [5, 5.41) is 0.0358. The Labute approximate surface area is 148 Å². The van der Waals surface area contributed by atoms with Crippen molar-refractivity contribution in [1.29, 1.82) is 0 Å². The summed E-state index contributed by atoms with van der Waals surface area (Å²) in [5.74, 6) is 5.42. The van der Waals surface area contributed by atoms with Gasteiger partial charge in [-0.25, -0.2) is 9.18 Å². The van der Waals surface area contributed by atoms with Crippen LogP contribution in [-0.2, 0) is 0 Å². The van der Waals surface area contributed by atoms with Crippen LogP contribution in [0.1, 0.15) is 25.8 Å². The van der Waals surface area contributed by atoms with Crippen molar-refractivity contribution in [2.24, 2.45) is 11.7 Å². The lowest BCUT2D eigenvalue weighted by Crippen LogP contribution is -2.44. The number of aromatic nitrogens is 2. The van der Waals surface area contributed by atoms with Gasteiger partial charge in [-0.3, -0.25) is 9.36 Å². The van der Waals surface area contributed by atoms with E-state index in [2.05, 4.69) is 0 Å². The average molecular weight is 363 g/mol. The Morgan fingerprint density at radius 1 is 1.27 bits per heavy atom. The quantitative estimate of drug-likeness (QED) is 0.751. The third kappa shape index (κ3) is 2.30. The molecule has 26 heavy (non-hydrogen) atoms. The van der Waals surface area contributed by atoms with Gasteiger partial charge in [-0.05, 0) is 24.8 Å². The van der Waals surface area contributed by atoms with Gasteiger partial charge in [0, 0.05) is 25.2 Å². The van der Waals surface area contributed by atoms with Crippen molar-refractivity contribution >= 4 is 16.6 Å². The first-order valence-corrected chi connectivity index (χ1v) is 8.68. The second-order valence-corrected chi connectivity index (χ2v) is 7.24. The molecule has 1 saturated carbocycles. The minimum absolute atomic E-state index is 0.0358. The van der Waals surface area contributed by atoms with Crippen molar-refractivity contribution in [2.45, 2.75) is 31.8 Å². The fraction of sp³-hybridized carbons (Fsp3) is 0.529. The fourth-order valence-electron chi connectivity index (χ4n) is 3.77. The third-order valence-electron chi connectivity index (χ3n) is 5.39. The van der Waals surface area contributed by atoms with Gasteiger partial charge in [0.05, 0.1) is 12.5 Å². The molecule has 2 fully saturated rings. The summed E-state index contributed by atoms with van der Waals surface area (Å²) < 4.78 is 22.5. The molecule has 0 amide bonds. The van der Waals surface area contributed by atoms with Crippen LogP contribution in [0, 0.1) is 11.7 Å². The molecule has 8 nitrogen and oxygen atoms in total. The lowest BCUT2D eigenvalue weighted by atomic mass is 10.1. The second-order valence-electron chi connectivity index (χ2n) is 7.24. The highest BCUT2D eigenvalue weighted by molar-refractivity contribution is 5.91. The first-order valence-electron chi connectivity index (χ1n) is 8.68. The number of nitrogens with two attached hydrogens (primary N) is 2. The number of ether oxygens (including phenoxy) is 1. The van der Waals surface area contributed by atoms with Gasteiger partial charge >= 0.3 is 5.69 Å². The first-order chi connectivity index (χ1) is 12.3. The molecule has 1 aliphatic heterocycles. The summed E-state index contributed by atoms with van der Waals surface area (Å²) in [6.07, 6.45) is 1.60. The molecule has 2 aliphatic rings. The van der Waals surface area contributed by atoms with Crippen LogP contribution in [0.2, 0.25) is 0 Å². The fourth-order valence-corrected chi connectivity index (χ4v) is 3.77. The number of nitrogens with zero attached hydrogens (tertiary/aromatic N) is 3. The lowest BCUT2D eigenvalue weighted by Gasteiger charge is -2.24. The average Bonchev–Trinajstić information content (AvgIpc) is 3.38. The molecule has 0 unspecified atom stereocenters. The predicted octanol–water partition coefficient (Wildman–Crippen LogP) is 0.143. The van der Waals surface area contributed by atoms with Gasteiger partial charge in [0.1, 0.15) is 11.2 Å². The van der Waals surface area contributed by atoms with Gasteiger partial charge in [-0.2, -0.15) is 4.68 Å². The first kappa shape index (κ1) is 16.9. The molecule has 140 valence electrons. The molecule has 1 aliphatic carbocycles. The summed E-state index contributed by atoms with van der Waals surface area (Å²) in [4.78, 5) is 26.9. The van der Waals surface area contributed by atoms with E-state index in [9.17, 15) is 14.0 Å². The standard InChI is InChI=1S/C17H22FN5O3/c1-8-6-21(7-12(8)19)14-11(18)5-10-13(15(14)26-2)22(9-3-4-9)17(25)23(20)16(10)24/h5,8-9,12H,3-4,6-7,19-20H2,1-2H3/t8-,12-/m0/s1. The van der Waals surface area contributed by atoms with E-state index < -0.39 is 17.1 Å². The molecule has 4 rings (SSSR count). The summed E-state index contributed by atoms with van der Waals surface area (Å²) in [5.41, 5.74) is 5.27. The molecule has 0 radical (unpaired) electrons. The summed E-state index contributed by atoms with van der Waals surface area (Å²) in [6, 6.07) is 0.996. The maximum Gasteiger partial charge on any atom is 0.350 e. The van der Waals surface area contributed by atoms with E-state index in [1.54, 1.807) is 0 Å². The molecule has 0 spiro atoms. The summed E-state index contributed by atoms with van der Waals surface area (Å²) in [6.45, 7) is 3.05. The SMILES string of the molecule is COc1c(N2C[C@H](C)[C@@H](N)C2)c(F)cc2c(=O)n(N)c(=O)n(C3CC3)c12. The van der Waals surface area contributed by atoms with E-state index in [1.165, 1.54) is 11.7 Å². The van der Waals surface area contributed by atoms with Crippen molar-refractivity contribution in [1.82, 2.24) is 9.24 Å². The number of methoxy groups -OCH3 is 1. The highest BCUT2D eigenvalue weighted by Crippen LogP contribution is 2.43. The molecule has 1 saturated heterocycles. The van der Waals surface area contributed by atoms with Crippen LogP contribution in [0.4, 0.5) is 10.1 Å². The largest absolute Gasteiger partial charge is 0.492 e. The monoisotopic (exact) mass is 363 g/mol. The van der Waals surface area contributed by atoms with Crippen LogP contribution >= 0.6 is 0 Å². The Morgan fingerprint density at radius 3 is 2.50 bits per heavy atom. The maximum atomic E-state index is 15.0. The molecule has 9 heteroatoms. The van der Waals surface area contributed by atoms with Gasteiger partial charge in [0.2, 0.25) is 0 Å². The highest BCUT2D eigenvalue weighted by Gasteiger charge is 2.35. The Bertz CT molecular complexity index is 1000. The Hall–Kier alpha value is -2.55. The lowest BCUT2D eigenvalue weighted by molar-refractivity contribution is 0.412. The van der Waals surface area contributed by atoms with Crippen LogP contribution in [0.25, 0.3) is 10.9 Å². The number of rotatable bonds is 3.